The van der Waals surface area contributed by atoms with Gasteiger partial charge in [0.1, 0.15) is 0 Å². The lowest BCUT2D eigenvalue weighted by Gasteiger charge is -2.17. The first-order chi connectivity index (χ1) is 9.01. The van der Waals surface area contributed by atoms with Crippen LogP contribution in [-0.4, -0.2) is 30.2 Å². The van der Waals surface area contributed by atoms with Crippen molar-refractivity contribution in [1.82, 2.24) is 15.2 Å². The molecule has 0 fully saturated rings. The molecule has 116 valence electrons. The van der Waals surface area contributed by atoms with E-state index in [1.54, 1.807) is 0 Å². The van der Waals surface area contributed by atoms with Crippen LogP contribution in [0.4, 0.5) is 0 Å². The predicted octanol–water partition coefficient (Wildman–Crippen LogP) is 3.10. The Morgan fingerprint density at radius 3 is 2.35 bits per heavy atom. The third-order valence-electron chi connectivity index (χ3n) is 2.80. The lowest BCUT2D eigenvalue weighted by Crippen LogP contribution is -2.39. The number of nitrogens with one attached hydrogen (secondary N) is 2. The van der Waals surface area contributed by atoms with Gasteiger partial charge in [-0.05, 0) is 30.9 Å². The molecule has 0 amide bonds. The first kappa shape index (κ1) is 19.3. The average Bonchev–Trinajstić information content (AvgIpc) is 2.80. The zero-order chi connectivity index (χ0) is 14.1. The molecular formula is C15H29IN4. The van der Waals surface area contributed by atoms with E-state index in [2.05, 4.69) is 60.3 Å². The van der Waals surface area contributed by atoms with E-state index in [1.165, 1.54) is 0 Å². The Balaban J connectivity index is 0.00000361. The molecule has 2 N–H and O–H groups in total. The Hall–Kier alpha value is -0.720. The predicted molar refractivity (Wildman–Crippen MR) is 97.9 cm³/mol. The Morgan fingerprint density at radius 2 is 1.80 bits per heavy atom. The van der Waals surface area contributed by atoms with Crippen molar-refractivity contribution >= 4 is 29.9 Å². The normalized spacial score (nSPS) is 11.9. The second-order valence-electron chi connectivity index (χ2n) is 5.92. The lowest BCUT2D eigenvalue weighted by atomic mass is 9.93. The molecule has 0 spiro atoms. The summed E-state index contributed by atoms with van der Waals surface area (Å²) in [5.41, 5.74) is 0.339. The van der Waals surface area contributed by atoms with Crippen molar-refractivity contribution < 1.29 is 0 Å². The number of halogens is 1. The molecule has 0 radical (unpaired) electrons. The van der Waals surface area contributed by atoms with Gasteiger partial charge in [0.2, 0.25) is 0 Å². The third-order valence-corrected chi connectivity index (χ3v) is 2.80. The highest BCUT2D eigenvalue weighted by molar-refractivity contribution is 14.0. The molecule has 1 aromatic rings. The van der Waals surface area contributed by atoms with Gasteiger partial charge >= 0.3 is 0 Å². The van der Waals surface area contributed by atoms with Gasteiger partial charge < -0.3 is 15.2 Å². The van der Waals surface area contributed by atoms with Crippen LogP contribution in [0.15, 0.2) is 29.5 Å². The average molecular weight is 392 g/mol. The van der Waals surface area contributed by atoms with Crippen LogP contribution >= 0.6 is 24.0 Å². The minimum absolute atomic E-state index is 0. The Morgan fingerprint density at radius 1 is 1.15 bits per heavy atom. The minimum atomic E-state index is 0. The molecule has 0 unspecified atom stereocenters. The van der Waals surface area contributed by atoms with Gasteiger partial charge in [0.25, 0.3) is 0 Å². The lowest BCUT2D eigenvalue weighted by molar-refractivity contribution is 0.385. The maximum atomic E-state index is 4.60. The number of hydrogen-bond donors (Lipinski definition) is 2. The topological polar surface area (TPSA) is 41.4 Å². The first-order valence-corrected chi connectivity index (χ1v) is 7.14. The molecule has 0 atom stereocenters. The molecule has 0 aliphatic rings. The molecule has 1 heterocycles. The fraction of sp³-hybridized carbons (Fsp3) is 0.667. The molecule has 5 heteroatoms. The summed E-state index contributed by atoms with van der Waals surface area (Å²) in [5.74, 6) is 0.916. The van der Waals surface area contributed by atoms with Crippen LogP contribution in [0.1, 0.15) is 34.1 Å². The van der Waals surface area contributed by atoms with Gasteiger partial charge in [0.05, 0.1) is 0 Å². The third kappa shape index (κ3) is 9.23. The van der Waals surface area contributed by atoms with E-state index < -0.39 is 0 Å². The zero-order valence-corrected chi connectivity index (χ0v) is 15.5. The molecule has 0 aromatic carbocycles. The van der Waals surface area contributed by atoms with Crippen LogP contribution in [0.2, 0.25) is 0 Å². The standard InChI is InChI=1S/C15H28N4.HI/c1-5-16-14(17-9-8-15(2,3)4)18-10-13-19-11-6-7-12-19;/h6-7,11-12H,5,8-10,13H2,1-4H3,(H2,16,17,18);1H. The van der Waals surface area contributed by atoms with Crippen molar-refractivity contribution in [3.05, 3.63) is 24.5 Å². The largest absolute Gasteiger partial charge is 0.357 e. The number of guanidine groups is 1. The smallest absolute Gasteiger partial charge is 0.191 e. The monoisotopic (exact) mass is 392 g/mol. The van der Waals surface area contributed by atoms with Crippen LogP contribution in [-0.2, 0) is 6.54 Å². The van der Waals surface area contributed by atoms with Crippen molar-refractivity contribution in [1.29, 1.82) is 0 Å². The van der Waals surface area contributed by atoms with Crippen molar-refractivity contribution in [2.75, 3.05) is 19.6 Å². The van der Waals surface area contributed by atoms with E-state index in [9.17, 15) is 0 Å². The van der Waals surface area contributed by atoms with Crippen molar-refractivity contribution in [2.24, 2.45) is 10.4 Å². The summed E-state index contributed by atoms with van der Waals surface area (Å²) in [7, 11) is 0. The van der Waals surface area contributed by atoms with Gasteiger partial charge in [0, 0.05) is 38.6 Å². The number of nitrogens with zero attached hydrogens (tertiary/aromatic N) is 2. The molecule has 1 aromatic heterocycles. The molecule has 20 heavy (non-hydrogen) atoms. The zero-order valence-electron chi connectivity index (χ0n) is 13.1. The molecule has 4 nitrogen and oxygen atoms in total. The summed E-state index contributed by atoms with van der Waals surface area (Å²) in [6.07, 6.45) is 5.25. The van der Waals surface area contributed by atoms with Crippen LogP contribution in [0.3, 0.4) is 0 Å². The van der Waals surface area contributed by atoms with E-state index in [-0.39, 0.29) is 24.0 Å². The van der Waals surface area contributed by atoms with Gasteiger partial charge in [-0.25, -0.2) is 0 Å². The van der Waals surface area contributed by atoms with E-state index in [0.717, 1.165) is 38.6 Å². The van der Waals surface area contributed by atoms with Gasteiger partial charge in [-0.1, -0.05) is 20.8 Å². The molecule has 0 saturated carbocycles. The van der Waals surface area contributed by atoms with Crippen molar-refractivity contribution in [3.63, 3.8) is 0 Å². The van der Waals surface area contributed by atoms with Crippen LogP contribution < -0.4 is 10.6 Å². The minimum Gasteiger partial charge on any atom is -0.357 e. The summed E-state index contributed by atoms with van der Waals surface area (Å²) in [5, 5.41) is 6.64. The molecule has 1 rings (SSSR count). The summed E-state index contributed by atoms with van der Waals surface area (Å²) < 4.78 is 2.16. The maximum Gasteiger partial charge on any atom is 0.191 e. The van der Waals surface area contributed by atoms with Gasteiger partial charge in [0.15, 0.2) is 5.96 Å². The quantitative estimate of drug-likeness (QED) is 0.444. The molecule has 0 aliphatic carbocycles. The van der Waals surface area contributed by atoms with Gasteiger partial charge in [-0.3, -0.25) is 4.99 Å². The van der Waals surface area contributed by atoms with Crippen LogP contribution in [0.25, 0.3) is 0 Å². The first-order valence-electron chi connectivity index (χ1n) is 7.14. The molecule has 0 aliphatic heterocycles. The second kappa shape index (κ2) is 10.1. The number of aromatic nitrogens is 1. The number of hydrogen-bond acceptors (Lipinski definition) is 1. The van der Waals surface area contributed by atoms with E-state index in [0.29, 0.717) is 5.41 Å². The number of aliphatic imine (C=N–C) groups is 1. The Bertz CT molecular complexity index is 366. The van der Waals surface area contributed by atoms with Gasteiger partial charge in [-0.15, -0.1) is 24.0 Å². The highest BCUT2D eigenvalue weighted by Crippen LogP contribution is 2.17. The van der Waals surface area contributed by atoms with E-state index >= 15 is 0 Å². The highest BCUT2D eigenvalue weighted by Gasteiger charge is 2.08. The Kier molecular flexibility index (Phi) is 9.71. The maximum absolute atomic E-state index is 4.60. The van der Waals surface area contributed by atoms with E-state index in [4.69, 9.17) is 0 Å². The van der Waals surface area contributed by atoms with E-state index in [1.807, 2.05) is 12.1 Å². The molecule has 0 saturated heterocycles. The summed E-state index contributed by atoms with van der Waals surface area (Å²) >= 11 is 0. The van der Waals surface area contributed by atoms with Crippen LogP contribution in [0.5, 0.6) is 0 Å². The highest BCUT2D eigenvalue weighted by atomic mass is 127. The summed E-state index contributed by atoms with van der Waals surface area (Å²) in [4.78, 5) is 4.60. The second-order valence-corrected chi connectivity index (χ2v) is 5.92. The number of rotatable bonds is 6. The van der Waals surface area contributed by atoms with Crippen molar-refractivity contribution in [2.45, 2.75) is 40.7 Å². The fourth-order valence-electron chi connectivity index (χ4n) is 1.67. The van der Waals surface area contributed by atoms with Gasteiger partial charge in [-0.2, -0.15) is 0 Å². The fourth-order valence-corrected chi connectivity index (χ4v) is 1.67. The summed E-state index contributed by atoms with van der Waals surface area (Å²) in [6, 6.07) is 4.09. The van der Waals surface area contributed by atoms with Crippen LogP contribution in [0, 0.1) is 5.41 Å². The Labute approximate surface area is 140 Å². The molecular weight excluding hydrogens is 363 g/mol. The molecule has 0 bridgehead atoms. The SMILES string of the molecule is CCNC(=NCCC(C)(C)C)NCCn1cccc1.I. The summed E-state index contributed by atoms with van der Waals surface area (Å²) in [6.45, 7) is 12.4. The van der Waals surface area contributed by atoms with Crippen molar-refractivity contribution in [3.8, 4) is 0 Å².